The van der Waals surface area contributed by atoms with Crippen LogP contribution in [0.2, 0.25) is 0 Å². The van der Waals surface area contributed by atoms with E-state index >= 15 is 0 Å². The third-order valence-corrected chi connectivity index (χ3v) is 5.95. The molecule has 3 aliphatic rings. The fraction of sp³-hybridized carbons (Fsp3) is 0.400. The van der Waals surface area contributed by atoms with Gasteiger partial charge in [0.1, 0.15) is 11.9 Å². The number of carbonyl (C=O) groups excluding carboxylic acids is 3. The van der Waals surface area contributed by atoms with Crippen LogP contribution in [-0.2, 0) is 22.7 Å². The fourth-order valence-electron chi connectivity index (χ4n) is 4.16. The van der Waals surface area contributed by atoms with E-state index in [1.807, 2.05) is 24.4 Å². The molecule has 2 fully saturated rings. The SMILES string of the molecule is O=C1CCC(N2Cc3ccc(CNc4[nH]ncc4C4CNC4)cc3C2=O)C(=O)N1. The molecule has 9 nitrogen and oxygen atoms in total. The molecular formula is C20H22N6O3. The summed E-state index contributed by atoms with van der Waals surface area (Å²) < 4.78 is 0. The Kier molecular flexibility index (Phi) is 4.31. The van der Waals surface area contributed by atoms with Crippen LogP contribution in [0.3, 0.4) is 0 Å². The lowest BCUT2D eigenvalue weighted by Crippen LogP contribution is -2.52. The van der Waals surface area contributed by atoms with Gasteiger partial charge in [-0.25, -0.2) is 0 Å². The van der Waals surface area contributed by atoms with Gasteiger partial charge in [-0.05, 0) is 23.6 Å². The first-order chi connectivity index (χ1) is 14.1. The van der Waals surface area contributed by atoms with Gasteiger partial charge < -0.3 is 15.5 Å². The second-order valence-corrected chi connectivity index (χ2v) is 7.80. The first kappa shape index (κ1) is 17.9. The third kappa shape index (κ3) is 3.17. The molecule has 0 aliphatic carbocycles. The molecule has 1 atom stereocenters. The molecule has 9 heteroatoms. The zero-order valence-corrected chi connectivity index (χ0v) is 15.8. The minimum atomic E-state index is -0.585. The Labute approximate surface area is 167 Å². The van der Waals surface area contributed by atoms with Crippen LogP contribution in [0.1, 0.15) is 45.8 Å². The maximum atomic E-state index is 12.9. The number of H-pyrrole nitrogens is 1. The number of benzene rings is 1. The van der Waals surface area contributed by atoms with E-state index in [-0.39, 0.29) is 24.1 Å². The van der Waals surface area contributed by atoms with Gasteiger partial charge in [-0.2, -0.15) is 5.10 Å². The Balaban J connectivity index is 1.29. The summed E-state index contributed by atoms with van der Waals surface area (Å²) in [5.74, 6) is 0.564. The van der Waals surface area contributed by atoms with Crippen molar-refractivity contribution >= 4 is 23.5 Å². The predicted molar refractivity (Wildman–Crippen MR) is 104 cm³/mol. The van der Waals surface area contributed by atoms with Crippen molar-refractivity contribution < 1.29 is 14.4 Å². The summed E-state index contributed by atoms with van der Waals surface area (Å²) in [5.41, 5.74) is 3.69. The Morgan fingerprint density at radius 3 is 2.83 bits per heavy atom. The highest BCUT2D eigenvalue weighted by molar-refractivity contribution is 6.05. The van der Waals surface area contributed by atoms with Gasteiger partial charge in [0.15, 0.2) is 0 Å². The number of fused-ring (bicyclic) bond motifs is 1. The Morgan fingerprint density at radius 1 is 1.21 bits per heavy atom. The molecule has 3 aliphatic heterocycles. The summed E-state index contributed by atoms with van der Waals surface area (Å²) in [4.78, 5) is 38.0. The number of piperidine rings is 1. The zero-order valence-electron chi connectivity index (χ0n) is 15.8. The standard InChI is InChI=1S/C20H22N6O3/c27-17-4-3-16(19(28)24-17)26-10-12-2-1-11(5-14(12)20(26)29)6-22-18-15(9-23-25-18)13-7-21-8-13/h1-2,5,9,13,16,21H,3-4,6-8,10H2,(H2,22,23,25)(H,24,27,28). The average molecular weight is 394 g/mol. The highest BCUT2D eigenvalue weighted by Gasteiger charge is 2.39. The maximum absolute atomic E-state index is 12.9. The Bertz CT molecular complexity index is 996. The molecule has 1 aromatic carbocycles. The lowest BCUT2D eigenvalue weighted by molar-refractivity contribution is -0.136. The van der Waals surface area contributed by atoms with Crippen molar-refractivity contribution in [2.75, 3.05) is 18.4 Å². The molecular weight excluding hydrogens is 372 g/mol. The molecule has 2 saturated heterocycles. The van der Waals surface area contributed by atoms with Crippen LogP contribution < -0.4 is 16.0 Å². The highest BCUT2D eigenvalue weighted by Crippen LogP contribution is 2.29. The second-order valence-electron chi connectivity index (χ2n) is 7.80. The molecule has 150 valence electrons. The van der Waals surface area contributed by atoms with Crippen LogP contribution in [0, 0.1) is 0 Å². The number of carbonyl (C=O) groups is 3. The van der Waals surface area contributed by atoms with Crippen LogP contribution in [0.25, 0.3) is 0 Å². The minimum absolute atomic E-state index is 0.154. The summed E-state index contributed by atoms with van der Waals surface area (Å²) in [7, 11) is 0. The number of amides is 3. The lowest BCUT2D eigenvalue weighted by Gasteiger charge is -2.29. The van der Waals surface area contributed by atoms with E-state index in [0.717, 1.165) is 30.0 Å². The smallest absolute Gasteiger partial charge is 0.255 e. The monoisotopic (exact) mass is 394 g/mol. The number of hydrogen-bond acceptors (Lipinski definition) is 6. The van der Waals surface area contributed by atoms with Crippen molar-refractivity contribution in [1.29, 1.82) is 0 Å². The van der Waals surface area contributed by atoms with Crippen LogP contribution in [0.4, 0.5) is 5.82 Å². The molecule has 5 rings (SSSR count). The van der Waals surface area contributed by atoms with Crippen LogP contribution >= 0.6 is 0 Å². The normalized spacial score (nSPS) is 21.7. The maximum Gasteiger partial charge on any atom is 0.255 e. The summed E-state index contributed by atoms with van der Waals surface area (Å²) in [6.45, 7) is 2.87. The topological polar surface area (TPSA) is 119 Å². The summed E-state index contributed by atoms with van der Waals surface area (Å²) in [5, 5.41) is 16.1. The molecule has 29 heavy (non-hydrogen) atoms. The molecule has 4 N–H and O–H groups in total. The number of aromatic amines is 1. The number of hydrogen-bond donors (Lipinski definition) is 4. The number of rotatable bonds is 5. The van der Waals surface area contributed by atoms with E-state index in [1.54, 1.807) is 4.90 Å². The van der Waals surface area contributed by atoms with Gasteiger partial charge in [0.05, 0.1) is 6.20 Å². The second kappa shape index (κ2) is 7.00. The fourth-order valence-corrected chi connectivity index (χ4v) is 4.16. The molecule has 3 amide bonds. The van der Waals surface area contributed by atoms with Crippen molar-refractivity contribution in [3.05, 3.63) is 46.6 Å². The minimum Gasteiger partial charge on any atom is -0.366 e. The molecule has 0 radical (unpaired) electrons. The zero-order chi connectivity index (χ0) is 20.0. The summed E-state index contributed by atoms with van der Waals surface area (Å²) in [6.07, 6.45) is 2.49. The predicted octanol–water partition coefficient (Wildman–Crippen LogP) is 0.470. The van der Waals surface area contributed by atoms with E-state index in [1.165, 1.54) is 5.56 Å². The third-order valence-electron chi connectivity index (χ3n) is 5.95. The van der Waals surface area contributed by atoms with E-state index in [2.05, 4.69) is 26.1 Å². The summed E-state index contributed by atoms with van der Waals surface area (Å²) in [6, 6.07) is 5.24. The van der Waals surface area contributed by atoms with Gasteiger partial charge in [0.25, 0.3) is 5.91 Å². The first-order valence-electron chi connectivity index (χ1n) is 9.84. The van der Waals surface area contributed by atoms with Crippen LogP contribution in [0.15, 0.2) is 24.4 Å². The van der Waals surface area contributed by atoms with Gasteiger partial charge in [0, 0.05) is 49.6 Å². The molecule has 4 heterocycles. The Morgan fingerprint density at radius 2 is 2.07 bits per heavy atom. The van der Waals surface area contributed by atoms with Gasteiger partial charge in [-0.15, -0.1) is 0 Å². The van der Waals surface area contributed by atoms with Gasteiger partial charge in [-0.1, -0.05) is 12.1 Å². The largest absolute Gasteiger partial charge is 0.366 e. The van der Waals surface area contributed by atoms with E-state index in [9.17, 15) is 14.4 Å². The number of imide groups is 1. The molecule has 0 spiro atoms. The van der Waals surface area contributed by atoms with Gasteiger partial charge in [0.2, 0.25) is 11.8 Å². The average Bonchev–Trinajstić information content (AvgIpc) is 3.24. The van der Waals surface area contributed by atoms with Crippen LogP contribution in [0.5, 0.6) is 0 Å². The number of nitrogens with zero attached hydrogens (tertiary/aromatic N) is 2. The number of anilines is 1. The highest BCUT2D eigenvalue weighted by atomic mass is 16.2. The van der Waals surface area contributed by atoms with Gasteiger partial charge >= 0.3 is 0 Å². The first-order valence-corrected chi connectivity index (χ1v) is 9.84. The van der Waals surface area contributed by atoms with Gasteiger partial charge in [-0.3, -0.25) is 24.8 Å². The number of nitrogens with one attached hydrogen (secondary N) is 4. The van der Waals surface area contributed by atoms with Crippen molar-refractivity contribution in [3.63, 3.8) is 0 Å². The van der Waals surface area contributed by atoms with Crippen molar-refractivity contribution in [2.45, 2.75) is 37.9 Å². The molecule has 0 bridgehead atoms. The van der Waals surface area contributed by atoms with E-state index in [4.69, 9.17) is 0 Å². The molecule has 2 aromatic rings. The molecule has 1 aromatic heterocycles. The Hall–Kier alpha value is -3.20. The van der Waals surface area contributed by atoms with E-state index in [0.29, 0.717) is 31.0 Å². The van der Waals surface area contributed by atoms with Crippen molar-refractivity contribution in [1.82, 2.24) is 25.7 Å². The van der Waals surface area contributed by atoms with Crippen molar-refractivity contribution in [2.24, 2.45) is 0 Å². The summed E-state index contributed by atoms with van der Waals surface area (Å²) >= 11 is 0. The molecule has 1 unspecified atom stereocenters. The quantitative estimate of drug-likeness (QED) is 0.548. The van der Waals surface area contributed by atoms with Crippen molar-refractivity contribution in [3.8, 4) is 0 Å². The van der Waals surface area contributed by atoms with Crippen LogP contribution in [-0.4, -0.2) is 52.0 Å². The molecule has 0 saturated carbocycles. The number of aromatic nitrogens is 2. The lowest BCUT2D eigenvalue weighted by atomic mass is 9.96. The van der Waals surface area contributed by atoms with E-state index < -0.39 is 6.04 Å².